The van der Waals surface area contributed by atoms with E-state index in [1.165, 1.54) is 0 Å². The molecule has 0 aromatic rings. The maximum Gasteiger partial charge on any atom is 0.468 e. The minimum absolute atomic E-state index is 1.87. The zero-order valence-corrected chi connectivity index (χ0v) is 19.0. The van der Waals surface area contributed by atoms with E-state index in [0.717, 1.165) is 0 Å². The number of hydrogen-bond acceptors (Lipinski definition) is 7. The van der Waals surface area contributed by atoms with E-state index in [2.05, 4.69) is 14.2 Å². The Morgan fingerprint density at radius 2 is 1.23 bits per heavy atom. The fourth-order valence-corrected chi connectivity index (χ4v) is 2.52. The summed E-state index contributed by atoms with van der Waals surface area (Å²) in [6.45, 7) is -0.544. The molecule has 0 aromatic carbocycles. The molecule has 1 atom stereocenters. The van der Waals surface area contributed by atoms with Crippen LogP contribution in [0.15, 0.2) is 12.2 Å². The molecule has 0 aliphatic carbocycles. The standard InChI is InChI=1S/C15H10F16O8S/c1-5(11(18,19)20)6(32)39-10(14(27,28)29,8(33)38-7(12(21,22)23)13(24,25)26)37-4-2-3-9(16,17)15(30,31)40(34,35)36/h7H,1-4H2,(H,34,35,36). The highest BCUT2D eigenvalue weighted by Gasteiger charge is 2.71. The fraction of sp³-hybridized carbons (Fsp3) is 0.733. The molecular formula is C15H10F16O8S. The van der Waals surface area contributed by atoms with Crippen molar-refractivity contribution in [2.24, 2.45) is 0 Å². The fourth-order valence-electron chi connectivity index (χ4n) is 2.04. The first-order valence-corrected chi connectivity index (χ1v) is 10.5. The number of ether oxygens (including phenoxy) is 3. The van der Waals surface area contributed by atoms with E-state index >= 15 is 0 Å². The Labute approximate surface area is 209 Å². The molecule has 0 saturated carbocycles. The van der Waals surface area contributed by atoms with Gasteiger partial charge in [-0.15, -0.1) is 0 Å². The molecule has 0 aromatic heterocycles. The van der Waals surface area contributed by atoms with Crippen molar-refractivity contribution in [1.29, 1.82) is 0 Å². The lowest BCUT2D eigenvalue weighted by molar-refractivity contribution is -0.369. The second-order valence-corrected chi connectivity index (χ2v) is 8.46. The molecule has 236 valence electrons. The van der Waals surface area contributed by atoms with Crippen LogP contribution in [0.2, 0.25) is 0 Å². The van der Waals surface area contributed by atoms with Crippen LogP contribution in [0, 0.1) is 0 Å². The van der Waals surface area contributed by atoms with E-state index in [1.54, 1.807) is 0 Å². The van der Waals surface area contributed by atoms with Crippen molar-refractivity contribution < 1.29 is 107 Å². The van der Waals surface area contributed by atoms with Crippen molar-refractivity contribution in [2.75, 3.05) is 6.61 Å². The number of esters is 2. The van der Waals surface area contributed by atoms with Gasteiger partial charge >= 0.3 is 63.7 Å². The molecule has 0 aliphatic heterocycles. The van der Waals surface area contributed by atoms with Gasteiger partial charge in [-0.05, 0) is 6.42 Å². The second kappa shape index (κ2) is 11.4. The molecular weight excluding hydrogens is 644 g/mol. The Kier molecular flexibility index (Phi) is 10.6. The van der Waals surface area contributed by atoms with Gasteiger partial charge in [0.1, 0.15) is 5.57 Å². The zero-order valence-electron chi connectivity index (χ0n) is 18.2. The summed E-state index contributed by atoms with van der Waals surface area (Å²) in [5.41, 5.74) is -2.99. The largest absolute Gasteiger partial charge is 0.468 e. The number of hydrogen-bond donors (Lipinski definition) is 1. The van der Waals surface area contributed by atoms with E-state index < -0.39 is 94.9 Å². The van der Waals surface area contributed by atoms with Gasteiger partial charge in [0.15, 0.2) is 0 Å². The predicted molar refractivity (Wildman–Crippen MR) is 88.7 cm³/mol. The Hall–Kier alpha value is -2.57. The topological polar surface area (TPSA) is 116 Å². The highest BCUT2D eigenvalue weighted by atomic mass is 32.2. The van der Waals surface area contributed by atoms with Gasteiger partial charge in [0, 0.05) is 6.42 Å². The van der Waals surface area contributed by atoms with Gasteiger partial charge in [0.25, 0.3) is 6.10 Å². The Morgan fingerprint density at radius 3 is 1.55 bits per heavy atom. The van der Waals surface area contributed by atoms with Crippen LogP contribution >= 0.6 is 0 Å². The average molecular weight is 654 g/mol. The van der Waals surface area contributed by atoms with Gasteiger partial charge in [0.2, 0.25) is 0 Å². The molecule has 25 heteroatoms. The van der Waals surface area contributed by atoms with Gasteiger partial charge in [-0.3, -0.25) is 4.55 Å². The third kappa shape index (κ3) is 8.47. The number of carbonyl (C=O) groups excluding carboxylic acids is 2. The number of halogens is 16. The van der Waals surface area contributed by atoms with Crippen molar-refractivity contribution in [1.82, 2.24) is 0 Å². The Morgan fingerprint density at radius 1 is 0.800 bits per heavy atom. The highest BCUT2D eigenvalue weighted by Crippen LogP contribution is 2.44. The molecule has 0 aliphatic rings. The SMILES string of the molecule is C=C(C(=O)OC(OCCCC(F)(F)C(F)(F)S(=O)(=O)O)(C(=O)OC(C(F)(F)F)C(F)(F)F)C(F)(F)F)C(F)(F)F. The summed E-state index contributed by atoms with van der Waals surface area (Å²) in [7, 11) is -6.92. The van der Waals surface area contributed by atoms with Gasteiger partial charge in [-0.25, -0.2) is 9.59 Å². The summed E-state index contributed by atoms with van der Waals surface area (Å²) >= 11 is 0. The first-order chi connectivity index (χ1) is 17.3. The zero-order chi connectivity index (χ0) is 32.6. The molecule has 40 heavy (non-hydrogen) atoms. The van der Waals surface area contributed by atoms with Crippen LogP contribution in [0.1, 0.15) is 12.8 Å². The molecule has 1 N–H and O–H groups in total. The van der Waals surface area contributed by atoms with Crippen molar-refractivity contribution in [2.45, 2.75) is 60.6 Å². The molecule has 0 heterocycles. The molecule has 0 amide bonds. The van der Waals surface area contributed by atoms with Crippen molar-refractivity contribution in [3.63, 3.8) is 0 Å². The molecule has 0 saturated heterocycles. The van der Waals surface area contributed by atoms with E-state index in [1.807, 2.05) is 6.58 Å². The molecule has 8 nitrogen and oxygen atoms in total. The average Bonchev–Trinajstić information content (AvgIpc) is 2.68. The lowest BCUT2D eigenvalue weighted by Gasteiger charge is -2.34. The smallest absolute Gasteiger partial charge is 0.438 e. The first kappa shape index (κ1) is 37.4. The van der Waals surface area contributed by atoms with Crippen molar-refractivity contribution in [3.8, 4) is 0 Å². The van der Waals surface area contributed by atoms with Crippen LogP contribution in [-0.4, -0.2) is 79.3 Å². The molecule has 0 bridgehead atoms. The quantitative estimate of drug-likeness (QED) is 0.0840. The summed E-state index contributed by atoms with van der Waals surface area (Å²) < 4.78 is 246. The highest BCUT2D eigenvalue weighted by molar-refractivity contribution is 7.87. The predicted octanol–water partition coefficient (Wildman–Crippen LogP) is 4.86. The normalized spacial score (nSPS) is 15.9. The van der Waals surface area contributed by atoms with Crippen LogP contribution in [0.5, 0.6) is 0 Å². The van der Waals surface area contributed by atoms with Gasteiger partial charge in [-0.1, -0.05) is 6.58 Å². The van der Waals surface area contributed by atoms with E-state index in [4.69, 9.17) is 4.55 Å². The van der Waals surface area contributed by atoms with Crippen LogP contribution in [-0.2, 0) is 33.9 Å². The number of rotatable bonds is 11. The monoisotopic (exact) mass is 654 g/mol. The summed E-state index contributed by atoms with van der Waals surface area (Å²) in [6, 6.07) is 0. The van der Waals surface area contributed by atoms with Gasteiger partial charge in [0.05, 0.1) is 6.61 Å². The lowest BCUT2D eigenvalue weighted by Crippen LogP contribution is -2.61. The molecule has 1 unspecified atom stereocenters. The second-order valence-electron chi connectivity index (χ2n) is 7.00. The maximum atomic E-state index is 13.6. The molecule has 0 radical (unpaired) electrons. The van der Waals surface area contributed by atoms with E-state index in [0.29, 0.717) is 0 Å². The van der Waals surface area contributed by atoms with Crippen LogP contribution in [0.4, 0.5) is 70.2 Å². The van der Waals surface area contributed by atoms with Crippen molar-refractivity contribution in [3.05, 3.63) is 12.2 Å². The van der Waals surface area contributed by atoms with Gasteiger partial charge < -0.3 is 14.2 Å². The molecule has 0 rings (SSSR count). The minimum atomic E-state index is -6.99. The van der Waals surface area contributed by atoms with Gasteiger partial charge in [-0.2, -0.15) is 78.7 Å². The summed E-state index contributed by atoms with van der Waals surface area (Å²) in [5.74, 6) is -19.5. The third-order valence-corrected chi connectivity index (χ3v) is 4.92. The number of alkyl halides is 16. The summed E-state index contributed by atoms with van der Waals surface area (Å²) in [5, 5.41) is -6.36. The first-order valence-electron chi connectivity index (χ1n) is 9.03. The lowest BCUT2D eigenvalue weighted by atomic mass is 10.2. The van der Waals surface area contributed by atoms with E-state index in [9.17, 15) is 88.3 Å². The van der Waals surface area contributed by atoms with Crippen LogP contribution in [0.3, 0.4) is 0 Å². The Balaban J connectivity index is 6.58. The summed E-state index contributed by atoms with van der Waals surface area (Å²) in [4.78, 5) is 23.4. The van der Waals surface area contributed by atoms with Crippen LogP contribution < -0.4 is 0 Å². The number of carbonyl (C=O) groups is 2. The van der Waals surface area contributed by atoms with E-state index in [-0.39, 0.29) is 0 Å². The Bertz CT molecular complexity index is 1040. The summed E-state index contributed by atoms with van der Waals surface area (Å²) in [6.07, 6.45) is -36.8. The molecule has 0 fully saturated rings. The third-order valence-electron chi connectivity index (χ3n) is 3.98. The minimum Gasteiger partial charge on any atom is -0.438 e. The maximum absolute atomic E-state index is 13.6. The van der Waals surface area contributed by atoms with Crippen molar-refractivity contribution >= 4 is 22.1 Å². The molecule has 0 spiro atoms. The van der Waals surface area contributed by atoms with Crippen LogP contribution in [0.25, 0.3) is 0 Å².